The standard InChI is InChI=1S/C22H24N4O3/c1-3-12-25-17-9-5-4-8-16(17)23-22(25)24-21(28)15-13-20(27)26(14-15)18-10-6-7-11-19(18)29-2/h4-11,15H,3,12-14H2,1-2H3,(H,23,24,28)/t15-/m0/s1. The minimum Gasteiger partial charge on any atom is -0.495 e. The summed E-state index contributed by atoms with van der Waals surface area (Å²) >= 11 is 0. The summed E-state index contributed by atoms with van der Waals surface area (Å²) < 4.78 is 7.38. The van der Waals surface area contributed by atoms with Gasteiger partial charge in [-0.1, -0.05) is 31.2 Å². The molecule has 1 N–H and O–H groups in total. The Bertz CT molecular complexity index is 1060. The summed E-state index contributed by atoms with van der Waals surface area (Å²) in [6, 6.07) is 15.2. The average molecular weight is 392 g/mol. The van der Waals surface area contributed by atoms with E-state index in [2.05, 4.69) is 17.2 Å². The maximum atomic E-state index is 13.0. The van der Waals surface area contributed by atoms with Gasteiger partial charge in [0.25, 0.3) is 0 Å². The van der Waals surface area contributed by atoms with E-state index >= 15 is 0 Å². The number of hydrogen-bond donors (Lipinski definition) is 1. The topological polar surface area (TPSA) is 76.5 Å². The number of aromatic nitrogens is 2. The number of nitrogens with one attached hydrogen (secondary N) is 1. The van der Waals surface area contributed by atoms with E-state index < -0.39 is 5.92 Å². The molecule has 0 unspecified atom stereocenters. The van der Waals surface area contributed by atoms with Crippen LogP contribution in [-0.4, -0.2) is 35.0 Å². The highest BCUT2D eigenvalue weighted by molar-refractivity contribution is 6.04. The van der Waals surface area contributed by atoms with Crippen LogP contribution in [0.4, 0.5) is 11.6 Å². The van der Waals surface area contributed by atoms with Crippen LogP contribution < -0.4 is 15.0 Å². The molecule has 0 spiro atoms. The zero-order chi connectivity index (χ0) is 20.4. The molecule has 1 aromatic heterocycles. The summed E-state index contributed by atoms with van der Waals surface area (Å²) in [7, 11) is 1.57. The van der Waals surface area contributed by atoms with E-state index in [-0.39, 0.29) is 18.2 Å². The number of nitrogens with zero attached hydrogens (tertiary/aromatic N) is 3. The highest BCUT2D eigenvalue weighted by atomic mass is 16.5. The van der Waals surface area contributed by atoms with Gasteiger partial charge in [-0.15, -0.1) is 0 Å². The van der Waals surface area contributed by atoms with Crippen LogP contribution in [0.1, 0.15) is 19.8 Å². The van der Waals surface area contributed by atoms with E-state index in [0.29, 0.717) is 23.9 Å². The number of imidazole rings is 1. The molecule has 1 aliphatic heterocycles. The van der Waals surface area contributed by atoms with Crippen LogP contribution >= 0.6 is 0 Å². The number of hydrogen-bond acceptors (Lipinski definition) is 4. The number of para-hydroxylation sites is 4. The molecular weight excluding hydrogens is 368 g/mol. The van der Waals surface area contributed by atoms with Gasteiger partial charge in [0.05, 0.1) is 29.7 Å². The van der Waals surface area contributed by atoms with Gasteiger partial charge < -0.3 is 14.2 Å². The van der Waals surface area contributed by atoms with Crippen LogP contribution in [0.2, 0.25) is 0 Å². The van der Waals surface area contributed by atoms with Crippen molar-refractivity contribution in [3.05, 3.63) is 48.5 Å². The van der Waals surface area contributed by atoms with Crippen molar-refractivity contribution in [2.75, 3.05) is 23.9 Å². The maximum Gasteiger partial charge on any atom is 0.232 e. The van der Waals surface area contributed by atoms with E-state index in [9.17, 15) is 9.59 Å². The van der Waals surface area contributed by atoms with Gasteiger partial charge in [-0.2, -0.15) is 0 Å². The number of anilines is 2. The molecule has 3 aromatic rings. The van der Waals surface area contributed by atoms with Crippen LogP contribution in [0.25, 0.3) is 11.0 Å². The Morgan fingerprint density at radius 1 is 1.21 bits per heavy atom. The Morgan fingerprint density at radius 2 is 1.97 bits per heavy atom. The summed E-state index contributed by atoms with van der Waals surface area (Å²) in [4.78, 5) is 31.7. The van der Waals surface area contributed by atoms with Crippen molar-refractivity contribution in [1.82, 2.24) is 9.55 Å². The van der Waals surface area contributed by atoms with Crippen molar-refractivity contribution >= 4 is 34.5 Å². The van der Waals surface area contributed by atoms with Crippen molar-refractivity contribution in [3.8, 4) is 5.75 Å². The number of carbonyl (C=O) groups excluding carboxylic acids is 2. The van der Waals surface area contributed by atoms with Crippen molar-refractivity contribution < 1.29 is 14.3 Å². The summed E-state index contributed by atoms with van der Waals surface area (Å²) in [5.41, 5.74) is 2.52. The second-order valence-corrected chi connectivity index (χ2v) is 7.14. The fraction of sp³-hybridized carbons (Fsp3) is 0.318. The van der Waals surface area contributed by atoms with Crippen LogP contribution in [0.3, 0.4) is 0 Å². The molecule has 1 saturated heterocycles. The van der Waals surface area contributed by atoms with Crippen LogP contribution in [0, 0.1) is 5.92 Å². The molecule has 1 atom stereocenters. The van der Waals surface area contributed by atoms with E-state index in [1.54, 1.807) is 12.0 Å². The zero-order valence-corrected chi connectivity index (χ0v) is 16.6. The molecule has 29 heavy (non-hydrogen) atoms. The first-order chi connectivity index (χ1) is 14.1. The Balaban J connectivity index is 1.55. The molecule has 2 amide bonds. The molecule has 0 aliphatic carbocycles. The number of amides is 2. The highest BCUT2D eigenvalue weighted by Crippen LogP contribution is 2.33. The smallest absolute Gasteiger partial charge is 0.232 e. The zero-order valence-electron chi connectivity index (χ0n) is 16.6. The molecule has 1 aliphatic rings. The molecule has 150 valence electrons. The first kappa shape index (κ1) is 19.0. The number of aryl methyl sites for hydroxylation is 1. The average Bonchev–Trinajstić information content (AvgIpc) is 3.29. The Labute approximate surface area is 169 Å². The number of carbonyl (C=O) groups is 2. The summed E-state index contributed by atoms with van der Waals surface area (Å²) in [6.07, 6.45) is 1.09. The normalized spacial score (nSPS) is 16.4. The third kappa shape index (κ3) is 3.55. The lowest BCUT2D eigenvalue weighted by atomic mass is 10.1. The van der Waals surface area contributed by atoms with E-state index in [1.165, 1.54) is 0 Å². The van der Waals surface area contributed by atoms with Crippen molar-refractivity contribution in [2.45, 2.75) is 26.3 Å². The Kier molecular flexibility index (Phi) is 5.20. The minimum absolute atomic E-state index is 0.0864. The van der Waals surface area contributed by atoms with Gasteiger partial charge >= 0.3 is 0 Å². The second kappa shape index (κ2) is 7.95. The minimum atomic E-state index is -0.442. The van der Waals surface area contributed by atoms with Gasteiger partial charge in [0.1, 0.15) is 5.75 Å². The fourth-order valence-corrected chi connectivity index (χ4v) is 3.80. The molecule has 0 bridgehead atoms. The molecule has 7 nitrogen and oxygen atoms in total. The maximum absolute atomic E-state index is 13.0. The van der Waals surface area contributed by atoms with Gasteiger partial charge in [-0.25, -0.2) is 4.98 Å². The van der Waals surface area contributed by atoms with Gasteiger partial charge in [0.15, 0.2) is 0 Å². The molecule has 2 heterocycles. The Morgan fingerprint density at radius 3 is 2.76 bits per heavy atom. The molecule has 2 aromatic carbocycles. The predicted octanol–water partition coefficient (Wildman–Crippen LogP) is 3.45. The number of ether oxygens (including phenoxy) is 1. The molecule has 4 rings (SSSR count). The number of rotatable bonds is 6. The number of fused-ring (bicyclic) bond motifs is 1. The first-order valence-electron chi connectivity index (χ1n) is 9.82. The van der Waals surface area contributed by atoms with Gasteiger partial charge in [0, 0.05) is 19.5 Å². The quantitative estimate of drug-likeness (QED) is 0.697. The van der Waals surface area contributed by atoms with E-state index in [1.807, 2.05) is 53.1 Å². The third-order valence-corrected chi connectivity index (χ3v) is 5.21. The second-order valence-electron chi connectivity index (χ2n) is 7.14. The molecule has 1 fully saturated rings. The van der Waals surface area contributed by atoms with E-state index in [0.717, 1.165) is 24.0 Å². The lowest BCUT2D eigenvalue weighted by molar-refractivity contribution is -0.122. The summed E-state index contributed by atoms with van der Waals surface area (Å²) in [5.74, 6) is 0.426. The van der Waals surface area contributed by atoms with Gasteiger partial charge in [0.2, 0.25) is 17.8 Å². The lowest BCUT2D eigenvalue weighted by Crippen LogP contribution is -2.29. The van der Waals surface area contributed by atoms with Crippen LogP contribution in [0.5, 0.6) is 5.75 Å². The number of methoxy groups -OCH3 is 1. The van der Waals surface area contributed by atoms with Crippen molar-refractivity contribution in [3.63, 3.8) is 0 Å². The Hall–Kier alpha value is -3.35. The molecule has 0 saturated carbocycles. The van der Waals surface area contributed by atoms with Crippen molar-refractivity contribution in [2.24, 2.45) is 5.92 Å². The molecular formula is C22H24N4O3. The third-order valence-electron chi connectivity index (χ3n) is 5.21. The van der Waals surface area contributed by atoms with Gasteiger partial charge in [-0.3, -0.25) is 14.9 Å². The van der Waals surface area contributed by atoms with E-state index in [4.69, 9.17) is 4.74 Å². The van der Waals surface area contributed by atoms with Gasteiger partial charge in [-0.05, 0) is 30.7 Å². The highest BCUT2D eigenvalue weighted by Gasteiger charge is 2.36. The van der Waals surface area contributed by atoms with Crippen LogP contribution in [-0.2, 0) is 16.1 Å². The monoisotopic (exact) mass is 392 g/mol. The SMILES string of the molecule is CCCn1c(NC(=O)[C@H]2CC(=O)N(c3ccccc3OC)C2)nc2ccccc21. The predicted molar refractivity (Wildman–Crippen MR) is 112 cm³/mol. The fourth-order valence-electron chi connectivity index (χ4n) is 3.80. The summed E-state index contributed by atoms with van der Waals surface area (Å²) in [5, 5.41) is 2.95. The number of benzene rings is 2. The largest absolute Gasteiger partial charge is 0.495 e. The molecule has 7 heteroatoms. The summed E-state index contributed by atoms with van der Waals surface area (Å²) in [6.45, 7) is 3.16. The molecule has 0 radical (unpaired) electrons. The first-order valence-corrected chi connectivity index (χ1v) is 9.82. The van der Waals surface area contributed by atoms with Crippen LogP contribution in [0.15, 0.2) is 48.5 Å². The van der Waals surface area contributed by atoms with Crippen molar-refractivity contribution in [1.29, 1.82) is 0 Å². The lowest BCUT2D eigenvalue weighted by Gasteiger charge is -2.19.